The van der Waals surface area contributed by atoms with Gasteiger partial charge in [-0.3, -0.25) is 0 Å². The van der Waals surface area contributed by atoms with Crippen LogP contribution in [-0.4, -0.2) is 28.2 Å². The molecule has 0 radical (unpaired) electrons. The largest absolute Gasteiger partial charge is 0.496 e. The first-order chi connectivity index (χ1) is 11.7. The number of nitrogens with zero attached hydrogens (tertiary/aromatic N) is 3. The average molecular weight is 346 g/mol. The first-order valence-corrected chi connectivity index (χ1v) is 7.30. The molecule has 3 aromatic rings. The van der Waals surface area contributed by atoms with Gasteiger partial charge in [-0.2, -0.15) is 4.98 Å². The minimum atomic E-state index is -0.559. The van der Waals surface area contributed by atoms with E-state index in [2.05, 4.69) is 15.1 Å². The zero-order valence-corrected chi connectivity index (χ0v) is 13.4. The number of esters is 1. The summed E-state index contributed by atoms with van der Waals surface area (Å²) in [6.07, 6.45) is 1.33. The number of para-hydroxylation sites is 1. The highest BCUT2D eigenvalue weighted by Crippen LogP contribution is 2.27. The third kappa shape index (κ3) is 3.52. The Morgan fingerprint density at radius 1 is 1.25 bits per heavy atom. The van der Waals surface area contributed by atoms with Gasteiger partial charge in [0.1, 0.15) is 10.9 Å². The predicted molar refractivity (Wildman–Crippen MR) is 84.7 cm³/mol. The smallest absolute Gasteiger partial charge is 0.340 e. The van der Waals surface area contributed by atoms with Crippen molar-refractivity contribution in [1.29, 1.82) is 0 Å². The topological polar surface area (TPSA) is 87.3 Å². The number of benzene rings is 1. The Kier molecular flexibility index (Phi) is 4.72. The summed E-state index contributed by atoms with van der Waals surface area (Å²) in [6.45, 7) is -0.149. The number of halogens is 1. The van der Waals surface area contributed by atoms with Gasteiger partial charge < -0.3 is 14.0 Å². The van der Waals surface area contributed by atoms with Gasteiger partial charge in [-0.1, -0.05) is 28.9 Å². The highest BCUT2D eigenvalue weighted by molar-refractivity contribution is 6.29. The Morgan fingerprint density at radius 2 is 2.08 bits per heavy atom. The van der Waals surface area contributed by atoms with E-state index in [1.807, 2.05) is 12.1 Å². The highest BCUT2D eigenvalue weighted by atomic mass is 35.5. The van der Waals surface area contributed by atoms with E-state index in [1.54, 1.807) is 19.2 Å². The Hall–Kier alpha value is -2.93. The van der Waals surface area contributed by atoms with Crippen LogP contribution in [0, 0.1) is 0 Å². The van der Waals surface area contributed by atoms with Crippen LogP contribution >= 0.6 is 11.6 Å². The number of carbonyl (C=O) groups excluding carboxylic acids is 1. The second-order valence-corrected chi connectivity index (χ2v) is 5.04. The van der Waals surface area contributed by atoms with Gasteiger partial charge in [-0.25, -0.2) is 9.78 Å². The first kappa shape index (κ1) is 15.9. The van der Waals surface area contributed by atoms with Gasteiger partial charge in [0, 0.05) is 6.20 Å². The van der Waals surface area contributed by atoms with Crippen LogP contribution in [0.25, 0.3) is 11.4 Å². The predicted octanol–water partition coefficient (Wildman–Crippen LogP) is 3.15. The van der Waals surface area contributed by atoms with Crippen molar-refractivity contribution in [3.8, 4) is 17.1 Å². The van der Waals surface area contributed by atoms with E-state index in [9.17, 15) is 4.79 Å². The zero-order valence-electron chi connectivity index (χ0n) is 12.6. The van der Waals surface area contributed by atoms with E-state index in [4.69, 9.17) is 25.6 Å². The van der Waals surface area contributed by atoms with Crippen molar-refractivity contribution in [2.24, 2.45) is 0 Å². The molecule has 0 saturated carbocycles. The summed E-state index contributed by atoms with van der Waals surface area (Å²) in [5.41, 5.74) is 0.965. The molecule has 0 atom stereocenters. The number of carbonyl (C=O) groups is 1. The maximum atomic E-state index is 11.9. The van der Waals surface area contributed by atoms with Crippen LogP contribution in [0.5, 0.6) is 5.75 Å². The summed E-state index contributed by atoms with van der Waals surface area (Å²) in [5, 5.41) is 4.17. The summed E-state index contributed by atoms with van der Waals surface area (Å²) >= 11 is 5.67. The van der Waals surface area contributed by atoms with Crippen LogP contribution in [0.3, 0.4) is 0 Å². The molecule has 1 aromatic carbocycles. The Balaban J connectivity index is 1.68. The number of pyridine rings is 1. The van der Waals surface area contributed by atoms with Crippen molar-refractivity contribution >= 4 is 17.6 Å². The summed E-state index contributed by atoms with van der Waals surface area (Å²) < 4.78 is 15.5. The molecule has 0 unspecified atom stereocenters. The molecular weight excluding hydrogens is 334 g/mol. The molecule has 0 aliphatic heterocycles. The van der Waals surface area contributed by atoms with E-state index < -0.39 is 5.97 Å². The third-order valence-electron chi connectivity index (χ3n) is 3.11. The molecule has 24 heavy (non-hydrogen) atoms. The van der Waals surface area contributed by atoms with E-state index >= 15 is 0 Å². The average Bonchev–Trinajstić information content (AvgIpc) is 3.09. The molecule has 0 N–H and O–H groups in total. The number of ether oxygens (including phenoxy) is 2. The van der Waals surface area contributed by atoms with Crippen molar-refractivity contribution in [3.05, 3.63) is 59.2 Å². The molecule has 0 spiro atoms. The molecule has 0 amide bonds. The van der Waals surface area contributed by atoms with Crippen LogP contribution < -0.4 is 4.74 Å². The fourth-order valence-corrected chi connectivity index (χ4v) is 2.07. The Labute approximate surface area is 142 Å². The van der Waals surface area contributed by atoms with Crippen LogP contribution in [-0.2, 0) is 11.3 Å². The third-order valence-corrected chi connectivity index (χ3v) is 3.33. The van der Waals surface area contributed by atoms with Crippen molar-refractivity contribution in [3.63, 3.8) is 0 Å². The molecular formula is C16H12ClN3O4. The lowest BCUT2D eigenvalue weighted by atomic mass is 10.2. The van der Waals surface area contributed by atoms with Gasteiger partial charge in [-0.15, -0.1) is 0 Å². The lowest BCUT2D eigenvalue weighted by molar-refractivity contribution is 0.0429. The molecule has 0 aliphatic carbocycles. The van der Waals surface area contributed by atoms with Crippen LogP contribution in [0.15, 0.2) is 47.1 Å². The molecule has 0 bridgehead atoms. The molecule has 122 valence electrons. The second kappa shape index (κ2) is 7.10. The summed E-state index contributed by atoms with van der Waals surface area (Å²) in [4.78, 5) is 19.9. The molecule has 2 heterocycles. The maximum Gasteiger partial charge on any atom is 0.340 e. The van der Waals surface area contributed by atoms with E-state index in [0.29, 0.717) is 22.3 Å². The first-order valence-electron chi connectivity index (χ1n) is 6.92. The molecule has 7 nitrogen and oxygen atoms in total. The lowest BCUT2D eigenvalue weighted by Gasteiger charge is -2.03. The molecule has 3 rings (SSSR count). The van der Waals surface area contributed by atoms with Crippen LogP contribution in [0.1, 0.15) is 16.2 Å². The number of hydrogen-bond donors (Lipinski definition) is 0. The van der Waals surface area contributed by atoms with Gasteiger partial charge >= 0.3 is 5.97 Å². The van der Waals surface area contributed by atoms with Crippen molar-refractivity contribution in [2.45, 2.75) is 6.61 Å². The van der Waals surface area contributed by atoms with Crippen LogP contribution in [0.4, 0.5) is 0 Å². The van der Waals surface area contributed by atoms with E-state index in [1.165, 1.54) is 18.3 Å². The maximum absolute atomic E-state index is 11.9. The summed E-state index contributed by atoms with van der Waals surface area (Å²) in [7, 11) is 1.56. The van der Waals surface area contributed by atoms with Gasteiger partial charge in [0.25, 0.3) is 5.89 Å². The summed E-state index contributed by atoms with van der Waals surface area (Å²) in [5.74, 6) is 0.586. The van der Waals surface area contributed by atoms with E-state index in [0.717, 1.165) is 0 Å². The normalized spacial score (nSPS) is 10.4. The lowest BCUT2D eigenvalue weighted by Crippen LogP contribution is -2.05. The summed E-state index contributed by atoms with van der Waals surface area (Å²) in [6, 6.07) is 10.3. The van der Waals surface area contributed by atoms with Gasteiger partial charge in [0.2, 0.25) is 5.82 Å². The Morgan fingerprint density at radius 3 is 2.83 bits per heavy atom. The fourth-order valence-electron chi connectivity index (χ4n) is 1.96. The fraction of sp³-hybridized carbons (Fsp3) is 0.125. The van der Waals surface area contributed by atoms with E-state index in [-0.39, 0.29) is 18.1 Å². The van der Waals surface area contributed by atoms with Crippen molar-refractivity contribution in [2.75, 3.05) is 7.11 Å². The van der Waals surface area contributed by atoms with Gasteiger partial charge in [-0.05, 0) is 24.3 Å². The number of methoxy groups -OCH3 is 1. The van der Waals surface area contributed by atoms with Gasteiger partial charge in [0.15, 0.2) is 6.61 Å². The number of hydrogen-bond acceptors (Lipinski definition) is 7. The minimum Gasteiger partial charge on any atom is -0.496 e. The molecule has 0 aliphatic rings. The van der Waals surface area contributed by atoms with Crippen molar-refractivity contribution < 1.29 is 18.8 Å². The molecule has 0 fully saturated rings. The SMILES string of the molecule is COc1ccccc1-c1noc(COC(=O)c2ccc(Cl)nc2)n1. The standard InChI is InChI=1S/C16H12ClN3O4/c1-22-12-5-3-2-4-11(12)15-19-14(24-20-15)9-23-16(21)10-6-7-13(17)18-8-10/h2-8H,9H2,1H3. The highest BCUT2D eigenvalue weighted by Gasteiger charge is 2.15. The zero-order chi connectivity index (χ0) is 16.9. The minimum absolute atomic E-state index is 0.149. The molecule has 0 saturated heterocycles. The number of aromatic nitrogens is 3. The molecule has 2 aromatic heterocycles. The monoisotopic (exact) mass is 345 g/mol. The quantitative estimate of drug-likeness (QED) is 0.518. The second-order valence-electron chi connectivity index (χ2n) is 4.66. The van der Waals surface area contributed by atoms with Gasteiger partial charge in [0.05, 0.1) is 18.2 Å². The Bertz CT molecular complexity index is 849. The molecule has 8 heteroatoms. The number of rotatable bonds is 5. The van der Waals surface area contributed by atoms with Crippen LogP contribution in [0.2, 0.25) is 5.15 Å². The van der Waals surface area contributed by atoms with Crippen molar-refractivity contribution in [1.82, 2.24) is 15.1 Å².